The smallest absolute Gasteiger partial charge is 0.307 e. The van der Waals surface area contributed by atoms with Crippen LogP contribution in [0, 0.1) is 0 Å². The summed E-state index contributed by atoms with van der Waals surface area (Å²) in [5.41, 5.74) is 2.73. The van der Waals surface area contributed by atoms with Crippen molar-refractivity contribution in [2.75, 3.05) is 12.0 Å². The molecule has 36 heavy (non-hydrogen) atoms. The Morgan fingerprint density at radius 2 is 1.58 bits per heavy atom. The number of benzene rings is 3. The number of hydrogen-bond donors (Lipinski definition) is 1. The Morgan fingerprint density at radius 1 is 0.889 bits per heavy atom. The first kappa shape index (κ1) is 27.7. The van der Waals surface area contributed by atoms with E-state index in [9.17, 15) is 18.0 Å². The largest absolute Gasteiger partial charge is 0.481 e. The molecule has 3 aromatic rings. The molecule has 0 radical (unpaired) electrons. The topological polar surface area (TPSA) is 97.7 Å². The molecule has 9 heteroatoms. The van der Waals surface area contributed by atoms with Gasteiger partial charge in [0.2, 0.25) is 0 Å². The van der Waals surface area contributed by atoms with Crippen molar-refractivity contribution in [3.63, 3.8) is 0 Å². The van der Waals surface area contributed by atoms with Crippen molar-refractivity contribution in [2.24, 2.45) is 0 Å². The maximum Gasteiger partial charge on any atom is 0.307 e. The van der Waals surface area contributed by atoms with Crippen LogP contribution in [0.2, 0.25) is 10.0 Å². The zero-order chi connectivity index (χ0) is 26.3. The van der Waals surface area contributed by atoms with Gasteiger partial charge in [0.1, 0.15) is 21.3 Å². The minimum Gasteiger partial charge on any atom is -0.481 e. The maximum absolute atomic E-state index is 12.6. The molecule has 6 nitrogen and oxygen atoms in total. The number of rotatable bonds is 12. The molecule has 190 valence electrons. The Hall–Kier alpha value is -2.87. The Kier molecular flexibility index (Phi) is 9.54. The van der Waals surface area contributed by atoms with Gasteiger partial charge < -0.3 is 9.84 Å². The fourth-order valence-electron chi connectivity index (χ4n) is 3.64. The standard InChI is InChI=1S/C27H26Cl2O6S/c1-36(33,34)14-13-21-15-19(17-27(31)32)6-12-26(21)35-22-9-7-20(8-10-22)25(30)4-2-3-18-5-11-23(28)24(29)16-18/h5-12,15-16H,2-4,13-14,17H2,1H3,(H,31,32). The van der Waals surface area contributed by atoms with Gasteiger partial charge >= 0.3 is 5.97 Å². The molecule has 3 rings (SSSR count). The third-order valence-electron chi connectivity index (χ3n) is 5.48. The van der Waals surface area contributed by atoms with E-state index >= 15 is 0 Å². The number of carboxylic acids is 1. The van der Waals surface area contributed by atoms with Crippen LogP contribution >= 0.6 is 23.2 Å². The number of carboxylic acid groups (broad SMARTS) is 1. The number of aryl methyl sites for hydroxylation is 2. The van der Waals surface area contributed by atoms with Crippen LogP contribution < -0.4 is 4.74 Å². The predicted octanol–water partition coefficient (Wildman–Crippen LogP) is 6.21. The molecule has 0 fully saturated rings. The van der Waals surface area contributed by atoms with E-state index in [0.29, 0.717) is 57.5 Å². The lowest BCUT2D eigenvalue weighted by molar-refractivity contribution is -0.136. The molecule has 0 saturated heterocycles. The summed E-state index contributed by atoms with van der Waals surface area (Å²) in [5.74, 6) is -0.138. The van der Waals surface area contributed by atoms with Gasteiger partial charge in [-0.25, -0.2) is 8.42 Å². The third kappa shape index (κ3) is 8.66. The predicted molar refractivity (Wildman–Crippen MR) is 141 cm³/mol. The molecule has 0 aliphatic carbocycles. The molecule has 0 saturated carbocycles. The lowest BCUT2D eigenvalue weighted by Crippen LogP contribution is -2.08. The van der Waals surface area contributed by atoms with Gasteiger partial charge in [0, 0.05) is 18.2 Å². The minimum absolute atomic E-state index is 0.00785. The van der Waals surface area contributed by atoms with E-state index < -0.39 is 15.8 Å². The number of hydrogen-bond acceptors (Lipinski definition) is 5. The number of Topliss-reactive ketones (excluding diaryl/α,β-unsaturated/α-hetero) is 1. The minimum atomic E-state index is -3.21. The van der Waals surface area contributed by atoms with E-state index in [1.54, 1.807) is 54.6 Å². The average molecular weight is 549 g/mol. The van der Waals surface area contributed by atoms with Gasteiger partial charge in [-0.05, 0) is 78.4 Å². The highest BCUT2D eigenvalue weighted by Crippen LogP contribution is 2.28. The summed E-state index contributed by atoms with van der Waals surface area (Å²) >= 11 is 12.0. The zero-order valence-corrected chi connectivity index (χ0v) is 22.0. The average Bonchev–Trinajstić information content (AvgIpc) is 2.81. The molecule has 3 aromatic carbocycles. The first-order valence-corrected chi connectivity index (χ1v) is 14.1. The molecule has 0 aromatic heterocycles. The van der Waals surface area contributed by atoms with Crippen molar-refractivity contribution < 1.29 is 27.9 Å². The van der Waals surface area contributed by atoms with Crippen molar-refractivity contribution >= 4 is 44.8 Å². The molecule has 0 spiro atoms. The van der Waals surface area contributed by atoms with Crippen molar-refractivity contribution in [2.45, 2.75) is 32.1 Å². The van der Waals surface area contributed by atoms with Crippen molar-refractivity contribution in [3.8, 4) is 11.5 Å². The van der Waals surface area contributed by atoms with Gasteiger partial charge in [-0.3, -0.25) is 9.59 Å². The third-order valence-corrected chi connectivity index (χ3v) is 7.16. The van der Waals surface area contributed by atoms with Crippen LogP contribution in [0.5, 0.6) is 11.5 Å². The highest BCUT2D eigenvalue weighted by molar-refractivity contribution is 7.90. The van der Waals surface area contributed by atoms with E-state index in [4.69, 9.17) is 33.0 Å². The number of sulfone groups is 1. The van der Waals surface area contributed by atoms with Crippen LogP contribution in [0.1, 0.15) is 39.9 Å². The van der Waals surface area contributed by atoms with Crippen LogP contribution in [0.4, 0.5) is 0 Å². The normalized spacial score (nSPS) is 11.3. The number of ether oxygens (including phenoxy) is 1. The van der Waals surface area contributed by atoms with Gasteiger partial charge in [-0.1, -0.05) is 41.4 Å². The van der Waals surface area contributed by atoms with Gasteiger partial charge in [0.05, 0.1) is 22.2 Å². The molecule has 0 bridgehead atoms. The number of carbonyl (C=O) groups is 2. The van der Waals surface area contributed by atoms with E-state index in [1.807, 2.05) is 6.07 Å². The van der Waals surface area contributed by atoms with Crippen molar-refractivity contribution in [1.82, 2.24) is 0 Å². The number of halogens is 2. The van der Waals surface area contributed by atoms with E-state index in [2.05, 4.69) is 0 Å². The fraction of sp³-hybridized carbons (Fsp3) is 0.259. The number of carbonyl (C=O) groups excluding carboxylic acids is 1. The zero-order valence-electron chi connectivity index (χ0n) is 19.7. The Labute approximate surface area is 220 Å². The summed E-state index contributed by atoms with van der Waals surface area (Å²) in [6, 6.07) is 17.1. The van der Waals surface area contributed by atoms with Gasteiger partial charge in [0.15, 0.2) is 5.78 Å². The van der Waals surface area contributed by atoms with E-state index in [1.165, 1.54) is 0 Å². The molecule has 0 aliphatic rings. The summed E-state index contributed by atoms with van der Waals surface area (Å²) in [6.45, 7) is 0. The molecule has 0 atom stereocenters. The monoisotopic (exact) mass is 548 g/mol. The fourth-order valence-corrected chi connectivity index (χ4v) is 4.55. The molecular formula is C27H26Cl2O6S. The quantitative estimate of drug-likeness (QED) is 0.270. The Balaban J connectivity index is 1.64. The second-order valence-electron chi connectivity index (χ2n) is 8.54. The maximum atomic E-state index is 12.6. The van der Waals surface area contributed by atoms with Crippen LogP contribution in [0.3, 0.4) is 0 Å². The van der Waals surface area contributed by atoms with E-state index in [-0.39, 0.29) is 24.4 Å². The molecule has 0 heterocycles. The van der Waals surface area contributed by atoms with Gasteiger partial charge in [0.25, 0.3) is 0 Å². The lowest BCUT2D eigenvalue weighted by Gasteiger charge is -2.13. The summed E-state index contributed by atoms with van der Waals surface area (Å²) in [5, 5.41) is 10.1. The second-order valence-corrected chi connectivity index (χ2v) is 11.6. The second kappa shape index (κ2) is 12.4. The summed E-state index contributed by atoms with van der Waals surface area (Å²) in [7, 11) is -3.21. The first-order chi connectivity index (χ1) is 17.0. The van der Waals surface area contributed by atoms with Crippen LogP contribution in [0.25, 0.3) is 0 Å². The summed E-state index contributed by atoms with van der Waals surface area (Å²) in [4.78, 5) is 23.7. The molecule has 0 aliphatic heterocycles. The van der Waals surface area contributed by atoms with Gasteiger partial charge in [-0.2, -0.15) is 0 Å². The summed E-state index contributed by atoms with van der Waals surface area (Å²) in [6.07, 6.45) is 2.92. The molecular weight excluding hydrogens is 523 g/mol. The molecule has 1 N–H and O–H groups in total. The van der Waals surface area contributed by atoms with E-state index in [0.717, 1.165) is 11.8 Å². The van der Waals surface area contributed by atoms with Crippen LogP contribution in [-0.4, -0.2) is 37.3 Å². The van der Waals surface area contributed by atoms with Crippen LogP contribution in [-0.2, 0) is 33.9 Å². The highest BCUT2D eigenvalue weighted by Gasteiger charge is 2.13. The number of aliphatic carboxylic acids is 1. The van der Waals surface area contributed by atoms with Crippen LogP contribution in [0.15, 0.2) is 60.7 Å². The highest BCUT2D eigenvalue weighted by atomic mass is 35.5. The van der Waals surface area contributed by atoms with Gasteiger partial charge in [-0.15, -0.1) is 0 Å². The molecule has 0 amide bonds. The van der Waals surface area contributed by atoms with Crippen molar-refractivity contribution in [3.05, 3.63) is 93.0 Å². The molecule has 0 unspecified atom stereocenters. The SMILES string of the molecule is CS(=O)(=O)CCc1cc(CC(=O)O)ccc1Oc1ccc(C(=O)CCCc2ccc(Cl)c(Cl)c2)cc1. The summed E-state index contributed by atoms with van der Waals surface area (Å²) < 4.78 is 29.2. The van der Waals surface area contributed by atoms with Crippen molar-refractivity contribution in [1.29, 1.82) is 0 Å². The number of ketones is 1. The first-order valence-electron chi connectivity index (χ1n) is 11.3. The Bertz CT molecular complexity index is 1350. The lowest BCUT2D eigenvalue weighted by atomic mass is 10.0. The Morgan fingerprint density at radius 3 is 2.22 bits per heavy atom.